The Labute approximate surface area is 132 Å². The first-order valence-electron chi connectivity index (χ1n) is 8.76. The quantitative estimate of drug-likeness (QED) is 0.777. The van der Waals surface area contributed by atoms with Crippen LogP contribution in [0.3, 0.4) is 0 Å². The second-order valence-corrected chi connectivity index (χ2v) is 10.3. The van der Waals surface area contributed by atoms with Crippen molar-refractivity contribution >= 4 is 12.8 Å². The molecule has 3 nitrogen and oxygen atoms in total. The lowest BCUT2D eigenvalue weighted by atomic mass is 9.53. The van der Waals surface area contributed by atoms with Crippen LogP contribution >= 0.6 is 7.52 Å². The topological polar surface area (TPSA) is 29.5 Å². The van der Waals surface area contributed by atoms with Crippen molar-refractivity contribution in [2.45, 2.75) is 44.1 Å². The summed E-state index contributed by atoms with van der Waals surface area (Å²) in [4.78, 5) is 0. The van der Waals surface area contributed by atoms with Crippen LogP contribution in [0.25, 0.3) is 0 Å². The Morgan fingerprint density at radius 2 is 1.59 bits per heavy atom. The molecule has 22 heavy (non-hydrogen) atoms. The minimum Gasteiger partial charge on any atom is -0.313 e. The number of nitrogens with zero attached hydrogens (tertiary/aromatic N) is 1. The predicted octanol–water partition coefficient (Wildman–Crippen LogP) is 3.81. The van der Waals surface area contributed by atoms with Crippen molar-refractivity contribution in [1.29, 1.82) is 0 Å². The summed E-state index contributed by atoms with van der Waals surface area (Å²) in [5.74, 6) is 2.61. The Balaban J connectivity index is 1.56. The minimum absolute atomic E-state index is 0.163. The second kappa shape index (κ2) is 4.69. The summed E-state index contributed by atoms with van der Waals surface area (Å²) in [6.07, 6.45) is 8.01. The molecule has 4 aliphatic carbocycles. The van der Waals surface area contributed by atoms with Crippen LogP contribution in [0, 0.1) is 17.8 Å². The summed E-state index contributed by atoms with van der Waals surface area (Å²) in [6, 6.07) is 9.92. The molecule has 1 atom stereocenters. The van der Waals surface area contributed by atoms with Gasteiger partial charge >= 0.3 is 7.52 Å². The highest BCUT2D eigenvalue weighted by molar-refractivity contribution is 7.64. The monoisotopic (exact) mass is 317 g/mol. The Kier molecular flexibility index (Phi) is 2.94. The lowest BCUT2D eigenvalue weighted by Gasteiger charge is -2.60. The van der Waals surface area contributed by atoms with Crippen molar-refractivity contribution in [3.8, 4) is 0 Å². The maximum Gasteiger partial charge on any atom is 0.302 e. The molecule has 1 aromatic rings. The van der Waals surface area contributed by atoms with E-state index in [1.54, 1.807) is 0 Å². The summed E-state index contributed by atoms with van der Waals surface area (Å²) < 4.78 is 22.0. The van der Waals surface area contributed by atoms with Crippen LogP contribution in [0.2, 0.25) is 0 Å². The Bertz CT molecular complexity index is 594. The normalized spacial score (nSPS) is 47.2. The number of rotatable bonds is 2. The van der Waals surface area contributed by atoms with Crippen molar-refractivity contribution in [2.75, 3.05) is 13.2 Å². The van der Waals surface area contributed by atoms with E-state index >= 15 is 0 Å². The fraction of sp³-hybridized carbons (Fsp3) is 0.667. The molecule has 0 amide bonds. The van der Waals surface area contributed by atoms with Crippen LogP contribution in [-0.4, -0.2) is 23.4 Å². The molecule has 0 radical (unpaired) electrons. The fourth-order valence-electron chi connectivity index (χ4n) is 6.18. The van der Waals surface area contributed by atoms with Gasteiger partial charge in [-0.05, 0) is 68.4 Å². The first-order valence-corrected chi connectivity index (χ1v) is 10.3. The predicted molar refractivity (Wildman–Crippen MR) is 87.2 cm³/mol. The molecule has 4 bridgehead atoms. The number of benzene rings is 1. The molecule has 5 aliphatic rings. The van der Waals surface area contributed by atoms with Crippen LogP contribution < -0.4 is 5.30 Å². The van der Waals surface area contributed by atoms with E-state index in [4.69, 9.17) is 4.52 Å². The SMILES string of the molecule is O=[P@]1(c2ccccc2)OCCN1C12CC3CC(CC(C3)C1)C2. The van der Waals surface area contributed by atoms with E-state index in [0.717, 1.165) is 29.6 Å². The molecule has 1 heterocycles. The van der Waals surface area contributed by atoms with Crippen molar-refractivity contribution in [3.05, 3.63) is 30.3 Å². The standard InChI is InChI=1S/C18H24NO2P/c20-22(17-4-2-1-3-5-17)19(6-7-21-22)18-11-14-8-15(12-18)10-16(9-14)13-18/h1-5,14-16H,6-13H2/t14?,15?,16?,18?,22-/m1/s1. The van der Waals surface area contributed by atoms with Gasteiger partial charge in [0, 0.05) is 12.1 Å². The third kappa shape index (κ3) is 1.85. The maximum absolute atomic E-state index is 13.8. The summed E-state index contributed by atoms with van der Waals surface area (Å²) in [5, 5.41) is 0.892. The zero-order valence-electron chi connectivity index (χ0n) is 13.0. The van der Waals surface area contributed by atoms with E-state index in [1.807, 2.05) is 30.3 Å². The first kappa shape index (κ1) is 13.8. The van der Waals surface area contributed by atoms with E-state index < -0.39 is 7.52 Å². The summed E-state index contributed by atoms with van der Waals surface area (Å²) >= 11 is 0. The lowest BCUT2D eigenvalue weighted by Crippen LogP contribution is -2.58. The van der Waals surface area contributed by atoms with Gasteiger partial charge in [-0.25, -0.2) is 4.67 Å². The highest BCUT2D eigenvalue weighted by Gasteiger charge is 2.59. The molecule has 4 saturated carbocycles. The zero-order valence-corrected chi connectivity index (χ0v) is 13.9. The molecular weight excluding hydrogens is 293 g/mol. The summed E-state index contributed by atoms with van der Waals surface area (Å²) in [7, 11) is -2.85. The van der Waals surface area contributed by atoms with Crippen LogP contribution in [0.15, 0.2) is 30.3 Å². The Morgan fingerprint density at radius 3 is 2.18 bits per heavy atom. The Hall–Kier alpha value is -0.630. The van der Waals surface area contributed by atoms with Gasteiger partial charge in [-0.15, -0.1) is 0 Å². The van der Waals surface area contributed by atoms with Crippen LogP contribution in [0.1, 0.15) is 38.5 Å². The van der Waals surface area contributed by atoms with Crippen LogP contribution in [-0.2, 0) is 9.09 Å². The van der Waals surface area contributed by atoms with Crippen LogP contribution in [0.4, 0.5) is 0 Å². The average molecular weight is 317 g/mol. The van der Waals surface area contributed by atoms with Crippen molar-refractivity contribution in [3.63, 3.8) is 0 Å². The molecule has 1 aliphatic heterocycles. The van der Waals surface area contributed by atoms with E-state index in [-0.39, 0.29) is 5.54 Å². The van der Waals surface area contributed by atoms with E-state index in [0.29, 0.717) is 6.61 Å². The Morgan fingerprint density at radius 1 is 1.00 bits per heavy atom. The number of hydrogen-bond acceptors (Lipinski definition) is 2. The molecule has 0 N–H and O–H groups in total. The first-order chi connectivity index (χ1) is 10.7. The molecule has 118 valence electrons. The van der Waals surface area contributed by atoms with Gasteiger partial charge in [-0.2, -0.15) is 0 Å². The fourth-order valence-corrected chi connectivity index (χ4v) is 8.77. The van der Waals surface area contributed by atoms with Gasteiger partial charge in [0.2, 0.25) is 0 Å². The molecule has 6 rings (SSSR count). The van der Waals surface area contributed by atoms with Crippen molar-refractivity contribution < 1.29 is 9.09 Å². The lowest BCUT2D eigenvalue weighted by molar-refractivity contribution is -0.0540. The maximum atomic E-state index is 13.8. The molecule has 1 aromatic carbocycles. The van der Waals surface area contributed by atoms with Crippen LogP contribution in [0.5, 0.6) is 0 Å². The molecular formula is C18H24NO2P. The highest BCUT2D eigenvalue weighted by atomic mass is 31.2. The van der Waals surface area contributed by atoms with Gasteiger partial charge in [0.05, 0.1) is 11.9 Å². The van der Waals surface area contributed by atoms with Gasteiger partial charge in [0.25, 0.3) is 0 Å². The molecule has 0 aromatic heterocycles. The van der Waals surface area contributed by atoms with Gasteiger partial charge in [-0.3, -0.25) is 4.57 Å². The van der Waals surface area contributed by atoms with Crippen molar-refractivity contribution in [2.24, 2.45) is 17.8 Å². The van der Waals surface area contributed by atoms with E-state index in [2.05, 4.69) is 4.67 Å². The zero-order chi connectivity index (χ0) is 14.8. The smallest absolute Gasteiger partial charge is 0.302 e. The summed E-state index contributed by atoms with van der Waals surface area (Å²) in [6.45, 7) is 1.46. The second-order valence-electron chi connectivity index (χ2n) is 7.95. The van der Waals surface area contributed by atoms with Crippen molar-refractivity contribution in [1.82, 2.24) is 4.67 Å². The largest absolute Gasteiger partial charge is 0.313 e. The summed E-state index contributed by atoms with van der Waals surface area (Å²) in [5.41, 5.74) is 0.163. The molecule has 4 heteroatoms. The number of hydrogen-bond donors (Lipinski definition) is 0. The van der Waals surface area contributed by atoms with Gasteiger partial charge < -0.3 is 4.52 Å². The molecule has 1 saturated heterocycles. The minimum atomic E-state index is -2.85. The highest BCUT2D eigenvalue weighted by Crippen LogP contribution is 2.66. The van der Waals surface area contributed by atoms with E-state index in [9.17, 15) is 4.57 Å². The average Bonchev–Trinajstić information content (AvgIpc) is 2.91. The van der Waals surface area contributed by atoms with Gasteiger partial charge in [0.1, 0.15) is 0 Å². The van der Waals surface area contributed by atoms with Gasteiger partial charge in [0.15, 0.2) is 0 Å². The van der Waals surface area contributed by atoms with E-state index in [1.165, 1.54) is 38.5 Å². The molecule has 5 fully saturated rings. The van der Waals surface area contributed by atoms with Gasteiger partial charge in [-0.1, -0.05) is 18.2 Å². The third-order valence-electron chi connectivity index (χ3n) is 6.52. The third-order valence-corrected chi connectivity index (χ3v) is 9.27. The molecule has 0 spiro atoms. The molecule has 0 unspecified atom stereocenters.